The summed E-state index contributed by atoms with van der Waals surface area (Å²) in [7, 11) is 2.24. The Bertz CT molecular complexity index is 395. The Morgan fingerprint density at radius 1 is 0.941 bits per heavy atom. The topological polar surface area (TPSA) is 0 Å². The third kappa shape index (κ3) is 2.94. The molecule has 1 aromatic rings. The molecule has 1 rings (SSSR count). The Hall–Kier alpha value is -0.715. The van der Waals surface area contributed by atoms with Gasteiger partial charge in [0.15, 0.2) is 0 Å². The fourth-order valence-corrected chi connectivity index (χ4v) is 2.80. The molecule has 0 aliphatic carbocycles. The molecule has 0 aliphatic rings. The summed E-state index contributed by atoms with van der Waals surface area (Å²) in [6, 6.07) is 4.62. The molecule has 0 radical (unpaired) electrons. The van der Waals surface area contributed by atoms with Gasteiger partial charge in [0.1, 0.15) is 7.85 Å². The standard InChI is InChI=1S/C16H27B/c1-10(2)12-8-9-13(17)14(11(3)4)15(12)16(5,6)7/h8-11H,17H2,1-7H3. The van der Waals surface area contributed by atoms with Gasteiger partial charge in [-0.05, 0) is 33.9 Å². The molecule has 0 saturated carbocycles. The van der Waals surface area contributed by atoms with Crippen molar-refractivity contribution in [2.75, 3.05) is 0 Å². The van der Waals surface area contributed by atoms with E-state index in [2.05, 4.69) is 68.4 Å². The molecule has 0 fully saturated rings. The molecule has 0 nitrogen and oxygen atoms in total. The largest absolute Gasteiger partial charge is 0.139 e. The van der Waals surface area contributed by atoms with Crippen molar-refractivity contribution in [1.29, 1.82) is 0 Å². The van der Waals surface area contributed by atoms with Crippen molar-refractivity contribution in [3.8, 4) is 0 Å². The second-order valence-electron chi connectivity index (χ2n) is 6.82. The van der Waals surface area contributed by atoms with Gasteiger partial charge < -0.3 is 0 Å². The summed E-state index contributed by atoms with van der Waals surface area (Å²) in [4.78, 5) is 0. The average molecular weight is 230 g/mol. The summed E-state index contributed by atoms with van der Waals surface area (Å²) in [6.45, 7) is 16.2. The first-order valence-corrected chi connectivity index (χ1v) is 6.80. The van der Waals surface area contributed by atoms with Crippen molar-refractivity contribution in [3.63, 3.8) is 0 Å². The molecule has 1 heteroatoms. The van der Waals surface area contributed by atoms with Crippen LogP contribution in [0.5, 0.6) is 0 Å². The molecule has 0 amide bonds. The maximum atomic E-state index is 2.33. The highest BCUT2D eigenvalue weighted by Crippen LogP contribution is 2.35. The van der Waals surface area contributed by atoms with E-state index in [-0.39, 0.29) is 5.41 Å². The van der Waals surface area contributed by atoms with E-state index in [0.717, 1.165) is 0 Å². The summed E-state index contributed by atoms with van der Waals surface area (Å²) in [6.07, 6.45) is 0. The van der Waals surface area contributed by atoms with Gasteiger partial charge in [0.2, 0.25) is 0 Å². The maximum Gasteiger partial charge on any atom is 0.139 e. The van der Waals surface area contributed by atoms with Crippen LogP contribution >= 0.6 is 0 Å². The highest BCUT2D eigenvalue weighted by Gasteiger charge is 2.25. The lowest BCUT2D eigenvalue weighted by Gasteiger charge is -2.31. The van der Waals surface area contributed by atoms with Gasteiger partial charge in [0, 0.05) is 0 Å². The van der Waals surface area contributed by atoms with Crippen LogP contribution in [0, 0.1) is 0 Å². The van der Waals surface area contributed by atoms with Crippen LogP contribution < -0.4 is 5.46 Å². The van der Waals surface area contributed by atoms with Crippen molar-refractivity contribution < 1.29 is 0 Å². The molecule has 0 aromatic heterocycles. The first-order chi connectivity index (χ1) is 7.66. The molecule has 0 N–H and O–H groups in total. The summed E-state index contributed by atoms with van der Waals surface area (Å²) < 4.78 is 0. The van der Waals surface area contributed by atoms with Gasteiger partial charge in [-0.2, -0.15) is 0 Å². The molecular weight excluding hydrogens is 203 g/mol. The van der Waals surface area contributed by atoms with Crippen molar-refractivity contribution in [2.45, 2.75) is 65.7 Å². The van der Waals surface area contributed by atoms with Crippen molar-refractivity contribution in [1.82, 2.24) is 0 Å². The normalized spacial score (nSPS) is 12.5. The zero-order valence-corrected chi connectivity index (χ0v) is 12.8. The van der Waals surface area contributed by atoms with Crippen LogP contribution in [0.4, 0.5) is 0 Å². The lowest BCUT2D eigenvalue weighted by atomic mass is 9.71. The van der Waals surface area contributed by atoms with E-state index in [1.165, 1.54) is 11.0 Å². The highest BCUT2D eigenvalue weighted by atomic mass is 14.3. The molecular formula is C16H27B. The van der Waals surface area contributed by atoms with E-state index in [1.807, 2.05) is 0 Å². The fourth-order valence-electron chi connectivity index (χ4n) is 2.80. The van der Waals surface area contributed by atoms with Gasteiger partial charge >= 0.3 is 0 Å². The van der Waals surface area contributed by atoms with Gasteiger partial charge in [0.05, 0.1) is 0 Å². The number of benzene rings is 1. The molecule has 0 bridgehead atoms. The van der Waals surface area contributed by atoms with Crippen molar-refractivity contribution in [3.05, 3.63) is 28.8 Å². The van der Waals surface area contributed by atoms with E-state index >= 15 is 0 Å². The van der Waals surface area contributed by atoms with E-state index in [1.54, 1.807) is 11.1 Å². The van der Waals surface area contributed by atoms with Crippen LogP contribution in [-0.2, 0) is 5.41 Å². The second-order valence-corrected chi connectivity index (χ2v) is 6.82. The monoisotopic (exact) mass is 230 g/mol. The molecule has 17 heavy (non-hydrogen) atoms. The van der Waals surface area contributed by atoms with Gasteiger partial charge in [-0.25, -0.2) is 0 Å². The summed E-state index contributed by atoms with van der Waals surface area (Å²) in [5, 5.41) is 0. The van der Waals surface area contributed by atoms with Crippen LogP contribution in [0.25, 0.3) is 0 Å². The SMILES string of the molecule is Bc1ccc(C(C)C)c(C(C)(C)C)c1C(C)C. The molecule has 1 aromatic carbocycles. The smallest absolute Gasteiger partial charge is 0.0853 e. The zero-order valence-electron chi connectivity index (χ0n) is 12.8. The Morgan fingerprint density at radius 2 is 1.47 bits per heavy atom. The Balaban J connectivity index is 3.62. The summed E-state index contributed by atoms with van der Waals surface area (Å²) in [5.74, 6) is 1.20. The number of hydrogen-bond acceptors (Lipinski definition) is 0. The van der Waals surface area contributed by atoms with Gasteiger partial charge in [0.25, 0.3) is 0 Å². The highest BCUT2D eigenvalue weighted by molar-refractivity contribution is 6.33. The lowest BCUT2D eigenvalue weighted by Crippen LogP contribution is -2.25. The molecule has 0 atom stereocenters. The summed E-state index contributed by atoms with van der Waals surface area (Å²) in [5.41, 5.74) is 6.32. The fraction of sp³-hybridized carbons (Fsp3) is 0.625. The van der Waals surface area contributed by atoms with E-state index in [9.17, 15) is 0 Å². The minimum atomic E-state index is 0.227. The zero-order chi connectivity index (χ0) is 13.4. The van der Waals surface area contributed by atoms with Crippen LogP contribution in [0.15, 0.2) is 12.1 Å². The predicted octanol–water partition coefficient (Wildman–Crippen LogP) is 3.49. The average Bonchev–Trinajstić information content (AvgIpc) is 2.14. The number of hydrogen-bond donors (Lipinski definition) is 0. The van der Waals surface area contributed by atoms with Crippen LogP contribution in [0.1, 0.15) is 77.0 Å². The molecule has 0 spiro atoms. The molecule has 0 heterocycles. The summed E-state index contributed by atoms with van der Waals surface area (Å²) >= 11 is 0. The van der Waals surface area contributed by atoms with Crippen LogP contribution in [0.2, 0.25) is 0 Å². The third-order valence-corrected chi connectivity index (χ3v) is 3.45. The van der Waals surface area contributed by atoms with E-state index in [0.29, 0.717) is 11.8 Å². The quantitative estimate of drug-likeness (QED) is 0.682. The van der Waals surface area contributed by atoms with Crippen LogP contribution in [0.3, 0.4) is 0 Å². The van der Waals surface area contributed by atoms with Crippen molar-refractivity contribution >= 4 is 13.3 Å². The Kier molecular flexibility index (Phi) is 4.12. The first kappa shape index (κ1) is 14.3. The lowest BCUT2D eigenvalue weighted by molar-refractivity contribution is 0.565. The van der Waals surface area contributed by atoms with Crippen LogP contribution in [-0.4, -0.2) is 7.85 Å². The minimum Gasteiger partial charge on any atom is -0.0853 e. The molecule has 0 saturated heterocycles. The van der Waals surface area contributed by atoms with Crippen molar-refractivity contribution in [2.24, 2.45) is 0 Å². The third-order valence-electron chi connectivity index (χ3n) is 3.45. The Labute approximate surface area is 108 Å². The van der Waals surface area contributed by atoms with E-state index < -0.39 is 0 Å². The molecule has 0 aliphatic heterocycles. The van der Waals surface area contributed by atoms with Gasteiger partial charge in [-0.3, -0.25) is 0 Å². The first-order valence-electron chi connectivity index (χ1n) is 6.80. The van der Waals surface area contributed by atoms with Gasteiger partial charge in [-0.15, -0.1) is 0 Å². The van der Waals surface area contributed by atoms with E-state index in [4.69, 9.17) is 0 Å². The number of rotatable bonds is 2. The Morgan fingerprint density at radius 3 is 1.82 bits per heavy atom. The predicted molar refractivity (Wildman–Crippen MR) is 81.5 cm³/mol. The second kappa shape index (κ2) is 4.88. The van der Waals surface area contributed by atoms with Gasteiger partial charge in [-0.1, -0.05) is 66.1 Å². The molecule has 0 unspecified atom stereocenters. The maximum absolute atomic E-state index is 2.33. The minimum absolute atomic E-state index is 0.227. The molecule has 94 valence electrons.